The summed E-state index contributed by atoms with van der Waals surface area (Å²) < 4.78 is 0. The zero-order valence-corrected chi connectivity index (χ0v) is 8.67. The number of hydrogen-bond donors (Lipinski definition) is 2. The molecule has 2 unspecified atom stereocenters. The Hall–Kier alpha value is -2.03. The van der Waals surface area contributed by atoms with Crippen LogP contribution in [0.4, 0.5) is 11.4 Å². The molecule has 1 heterocycles. The largest absolute Gasteiger partial charge is 0.506 e. The molecular formula is C13H12N2O. The molecule has 2 atom stereocenters. The van der Waals surface area contributed by atoms with Crippen LogP contribution in [0.3, 0.4) is 0 Å². The summed E-state index contributed by atoms with van der Waals surface area (Å²) in [5.41, 5.74) is 1.50. The number of benzene rings is 1. The standard InChI is InChI=1S/C13H12N2O/c16-12-7-3-6-11-13(12)15-10-5-2-1-4-9(10)8-14-11/h1-10,15-16H. The molecule has 0 fully saturated rings. The van der Waals surface area contributed by atoms with Gasteiger partial charge in [-0.3, -0.25) is 4.99 Å². The van der Waals surface area contributed by atoms with Crippen LogP contribution < -0.4 is 5.32 Å². The van der Waals surface area contributed by atoms with E-state index < -0.39 is 0 Å². The van der Waals surface area contributed by atoms with Crippen molar-refractivity contribution in [2.75, 3.05) is 5.32 Å². The van der Waals surface area contributed by atoms with Crippen molar-refractivity contribution in [2.45, 2.75) is 6.04 Å². The van der Waals surface area contributed by atoms with Crippen molar-refractivity contribution in [1.82, 2.24) is 0 Å². The lowest BCUT2D eigenvalue weighted by Gasteiger charge is -2.21. The van der Waals surface area contributed by atoms with E-state index in [2.05, 4.69) is 22.5 Å². The topological polar surface area (TPSA) is 44.6 Å². The molecule has 0 saturated heterocycles. The third-order valence-corrected chi connectivity index (χ3v) is 2.89. The Balaban J connectivity index is 2.07. The summed E-state index contributed by atoms with van der Waals surface area (Å²) in [4.78, 5) is 4.40. The number of anilines is 1. The third-order valence-electron chi connectivity index (χ3n) is 2.89. The number of fused-ring (bicyclic) bond motifs is 2. The number of para-hydroxylation sites is 1. The number of allylic oxidation sites excluding steroid dienone is 2. The van der Waals surface area contributed by atoms with Gasteiger partial charge >= 0.3 is 0 Å². The van der Waals surface area contributed by atoms with Crippen LogP contribution in [0.5, 0.6) is 5.75 Å². The minimum Gasteiger partial charge on any atom is -0.506 e. The number of phenols is 1. The first kappa shape index (κ1) is 9.21. The monoisotopic (exact) mass is 212 g/mol. The van der Waals surface area contributed by atoms with E-state index in [-0.39, 0.29) is 17.7 Å². The smallest absolute Gasteiger partial charge is 0.140 e. The fourth-order valence-corrected chi connectivity index (χ4v) is 2.03. The molecule has 0 bridgehead atoms. The molecule has 0 radical (unpaired) electrons. The van der Waals surface area contributed by atoms with Crippen LogP contribution in [0.15, 0.2) is 47.5 Å². The van der Waals surface area contributed by atoms with Gasteiger partial charge in [0.25, 0.3) is 0 Å². The fraction of sp³-hybridized carbons (Fsp3) is 0.154. The van der Waals surface area contributed by atoms with Gasteiger partial charge in [0.2, 0.25) is 0 Å². The van der Waals surface area contributed by atoms with Crippen molar-refractivity contribution in [3.8, 4) is 5.75 Å². The summed E-state index contributed by atoms with van der Waals surface area (Å²) in [6.07, 6.45) is 10.1. The molecule has 16 heavy (non-hydrogen) atoms. The molecule has 2 aliphatic rings. The number of aliphatic imine (C=N–C) groups is 1. The minimum absolute atomic E-state index is 0.170. The van der Waals surface area contributed by atoms with Crippen LogP contribution in [-0.2, 0) is 0 Å². The van der Waals surface area contributed by atoms with Gasteiger partial charge < -0.3 is 10.4 Å². The van der Waals surface area contributed by atoms with E-state index in [4.69, 9.17) is 0 Å². The molecule has 1 aromatic rings. The number of aromatic hydroxyl groups is 1. The lowest BCUT2D eigenvalue weighted by atomic mass is 9.96. The van der Waals surface area contributed by atoms with Crippen LogP contribution in [0.2, 0.25) is 0 Å². The van der Waals surface area contributed by atoms with Gasteiger partial charge in [-0.1, -0.05) is 30.4 Å². The van der Waals surface area contributed by atoms with E-state index in [9.17, 15) is 5.11 Å². The van der Waals surface area contributed by atoms with Crippen LogP contribution in [0.1, 0.15) is 0 Å². The Morgan fingerprint density at radius 1 is 1.19 bits per heavy atom. The predicted molar refractivity (Wildman–Crippen MR) is 65.4 cm³/mol. The van der Waals surface area contributed by atoms with Gasteiger partial charge in [0.05, 0.1) is 11.7 Å². The van der Waals surface area contributed by atoms with Crippen molar-refractivity contribution < 1.29 is 5.11 Å². The quantitative estimate of drug-likeness (QED) is 0.649. The number of hydrogen-bond acceptors (Lipinski definition) is 3. The lowest BCUT2D eigenvalue weighted by Crippen LogP contribution is -2.27. The second-order valence-corrected chi connectivity index (χ2v) is 3.97. The first-order valence-electron chi connectivity index (χ1n) is 5.32. The van der Waals surface area contributed by atoms with Gasteiger partial charge in [0, 0.05) is 12.1 Å². The Morgan fingerprint density at radius 3 is 3.00 bits per heavy atom. The number of rotatable bonds is 0. The summed E-state index contributed by atoms with van der Waals surface area (Å²) in [6.45, 7) is 0. The van der Waals surface area contributed by atoms with Crippen LogP contribution in [-0.4, -0.2) is 17.4 Å². The van der Waals surface area contributed by atoms with Gasteiger partial charge in [0.15, 0.2) is 0 Å². The first-order chi connectivity index (χ1) is 7.84. The highest BCUT2D eigenvalue weighted by molar-refractivity contribution is 5.82. The van der Waals surface area contributed by atoms with Crippen LogP contribution in [0, 0.1) is 5.92 Å². The normalized spacial score (nSPS) is 25.5. The highest BCUT2D eigenvalue weighted by Gasteiger charge is 2.21. The van der Waals surface area contributed by atoms with Crippen LogP contribution >= 0.6 is 0 Å². The van der Waals surface area contributed by atoms with E-state index in [0.29, 0.717) is 5.69 Å². The Morgan fingerprint density at radius 2 is 2.06 bits per heavy atom. The van der Waals surface area contributed by atoms with E-state index in [0.717, 1.165) is 5.69 Å². The highest BCUT2D eigenvalue weighted by atomic mass is 16.3. The molecule has 3 heteroatoms. The molecule has 0 aromatic heterocycles. The van der Waals surface area contributed by atoms with Gasteiger partial charge in [-0.25, -0.2) is 0 Å². The van der Waals surface area contributed by atoms with E-state index in [1.165, 1.54) is 0 Å². The molecule has 1 aromatic carbocycles. The minimum atomic E-state index is 0.170. The van der Waals surface area contributed by atoms with Gasteiger partial charge in [-0.15, -0.1) is 0 Å². The van der Waals surface area contributed by atoms with Gasteiger partial charge in [0.1, 0.15) is 11.4 Å². The average Bonchev–Trinajstić information content (AvgIpc) is 2.50. The second-order valence-electron chi connectivity index (χ2n) is 3.97. The van der Waals surface area contributed by atoms with Crippen molar-refractivity contribution in [3.63, 3.8) is 0 Å². The lowest BCUT2D eigenvalue weighted by molar-refractivity contribution is 0.477. The van der Waals surface area contributed by atoms with E-state index in [1.807, 2.05) is 24.4 Å². The average molecular weight is 212 g/mol. The number of nitrogens with zero attached hydrogens (tertiary/aromatic N) is 1. The zero-order valence-electron chi connectivity index (χ0n) is 8.67. The maximum Gasteiger partial charge on any atom is 0.140 e. The van der Waals surface area contributed by atoms with E-state index in [1.54, 1.807) is 12.1 Å². The molecule has 0 amide bonds. The fourth-order valence-electron chi connectivity index (χ4n) is 2.03. The Kier molecular flexibility index (Phi) is 2.03. The Labute approximate surface area is 93.8 Å². The summed E-state index contributed by atoms with van der Waals surface area (Å²) in [7, 11) is 0. The molecular weight excluding hydrogens is 200 g/mol. The van der Waals surface area contributed by atoms with E-state index >= 15 is 0 Å². The molecule has 1 aliphatic heterocycles. The molecule has 0 spiro atoms. The molecule has 2 N–H and O–H groups in total. The van der Waals surface area contributed by atoms with Gasteiger partial charge in [-0.2, -0.15) is 0 Å². The maximum absolute atomic E-state index is 9.79. The predicted octanol–water partition coefficient (Wildman–Crippen LogP) is 2.63. The SMILES string of the molecule is Oc1cccc2c1NC1C=CC=CC1C=N2. The molecule has 80 valence electrons. The summed E-state index contributed by atoms with van der Waals surface area (Å²) in [6, 6.07) is 5.53. The van der Waals surface area contributed by atoms with Crippen molar-refractivity contribution >= 4 is 17.6 Å². The second kappa shape index (κ2) is 3.52. The number of phenolic OH excluding ortho intramolecular Hbond substituents is 1. The van der Waals surface area contributed by atoms with Gasteiger partial charge in [-0.05, 0) is 12.1 Å². The van der Waals surface area contributed by atoms with Crippen molar-refractivity contribution in [1.29, 1.82) is 0 Å². The highest BCUT2D eigenvalue weighted by Crippen LogP contribution is 2.37. The third kappa shape index (κ3) is 1.41. The van der Waals surface area contributed by atoms with Crippen molar-refractivity contribution in [3.05, 3.63) is 42.5 Å². The molecule has 1 aliphatic carbocycles. The molecule has 0 saturated carbocycles. The Bertz CT molecular complexity index is 503. The molecule has 3 nitrogen and oxygen atoms in total. The summed E-state index contributed by atoms with van der Waals surface area (Å²) >= 11 is 0. The maximum atomic E-state index is 9.79. The number of nitrogens with one attached hydrogen (secondary N) is 1. The zero-order chi connectivity index (χ0) is 11.0. The van der Waals surface area contributed by atoms with Crippen molar-refractivity contribution in [2.24, 2.45) is 10.9 Å². The first-order valence-corrected chi connectivity index (χ1v) is 5.32. The summed E-state index contributed by atoms with van der Waals surface area (Å²) in [5.74, 6) is 0.495. The molecule has 3 rings (SSSR count). The summed E-state index contributed by atoms with van der Waals surface area (Å²) in [5, 5.41) is 13.1. The van der Waals surface area contributed by atoms with Crippen LogP contribution in [0.25, 0.3) is 0 Å².